The number of amides is 1. The first-order valence-corrected chi connectivity index (χ1v) is 9.79. The molecule has 1 amide bonds. The number of aliphatic hydroxyl groups is 1. The van der Waals surface area contributed by atoms with Crippen LogP contribution < -0.4 is 4.74 Å². The Morgan fingerprint density at radius 3 is 2.42 bits per heavy atom. The van der Waals surface area contributed by atoms with Crippen LogP contribution in [0.15, 0.2) is 48.0 Å². The summed E-state index contributed by atoms with van der Waals surface area (Å²) >= 11 is 0. The van der Waals surface area contributed by atoms with Gasteiger partial charge >= 0.3 is 0 Å². The van der Waals surface area contributed by atoms with Gasteiger partial charge in [-0.2, -0.15) is 0 Å². The second-order valence-electron chi connectivity index (χ2n) is 6.96. The van der Waals surface area contributed by atoms with Crippen LogP contribution in [0.1, 0.15) is 37.4 Å². The van der Waals surface area contributed by atoms with Gasteiger partial charge in [-0.1, -0.05) is 13.0 Å². The van der Waals surface area contributed by atoms with E-state index in [1.807, 2.05) is 6.92 Å². The van der Waals surface area contributed by atoms with E-state index in [0.29, 0.717) is 18.6 Å². The smallest absolute Gasteiger partial charge is 0.295 e. The van der Waals surface area contributed by atoms with Crippen molar-refractivity contribution in [2.45, 2.75) is 26.3 Å². The number of hydrogen-bond acceptors (Lipinski definition) is 7. The van der Waals surface area contributed by atoms with E-state index in [0.717, 1.165) is 0 Å². The van der Waals surface area contributed by atoms with Crippen molar-refractivity contribution in [1.29, 1.82) is 0 Å². The van der Waals surface area contributed by atoms with Gasteiger partial charge in [0, 0.05) is 24.2 Å². The highest BCUT2D eigenvalue weighted by Gasteiger charge is 2.45. The van der Waals surface area contributed by atoms with Crippen molar-refractivity contribution in [1.82, 2.24) is 4.90 Å². The second-order valence-corrected chi connectivity index (χ2v) is 6.96. The van der Waals surface area contributed by atoms with Crippen LogP contribution in [-0.2, 0) is 9.59 Å². The Bertz CT molecular complexity index is 1060. The number of carbonyl (C=O) groups excluding carboxylic acids is 2. The number of rotatable bonds is 7. The van der Waals surface area contributed by atoms with Crippen LogP contribution in [0.3, 0.4) is 0 Å². The van der Waals surface area contributed by atoms with E-state index < -0.39 is 28.4 Å². The molecule has 0 bridgehead atoms. The van der Waals surface area contributed by atoms with Gasteiger partial charge in [-0.15, -0.1) is 0 Å². The summed E-state index contributed by atoms with van der Waals surface area (Å²) in [5.41, 5.74) is 0.367. The number of aliphatic hydroxyl groups excluding tert-OH is 1. The van der Waals surface area contributed by atoms with Gasteiger partial charge in [-0.05, 0) is 43.2 Å². The maximum absolute atomic E-state index is 12.8. The normalized spacial score (nSPS) is 17.7. The topological polar surface area (TPSA) is 130 Å². The van der Waals surface area contributed by atoms with E-state index in [2.05, 4.69) is 0 Å². The third kappa shape index (κ3) is 4.07. The molecule has 31 heavy (non-hydrogen) atoms. The van der Waals surface area contributed by atoms with Crippen LogP contribution in [-0.4, -0.2) is 44.9 Å². The number of aromatic hydroxyl groups is 1. The highest BCUT2D eigenvalue weighted by Crippen LogP contribution is 2.41. The predicted octanol–water partition coefficient (Wildman–Crippen LogP) is 3.53. The molecule has 0 aromatic heterocycles. The Kier molecular flexibility index (Phi) is 6.24. The van der Waals surface area contributed by atoms with Crippen LogP contribution >= 0.6 is 0 Å². The first-order chi connectivity index (χ1) is 14.8. The van der Waals surface area contributed by atoms with Crippen molar-refractivity contribution in [3.63, 3.8) is 0 Å². The molecule has 0 saturated carbocycles. The van der Waals surface area contributed by atoms with E-state index in [-0.39, 0.29) is 34.9 Å². The number of nitro groups is 1. The molecular weight excluding hydrogens is 404 g/mol. The molecule has 2 N–H and O–H groups in total. The lowest BCUT2D eigenvalue weighted by molar-refractivity contribution is -0.384. The fraction of sp³-hybridized carbons (Fsp3) is 0.273. The monoisotopic (exact) mass is 426 g/mol. The number of hydrogen-bond donors (Lipinski definition) is 2. The number of ketones is 1. The minimum atomic E-state index is -0.894. The lowest BCUT2D eigenvalue weighted by Crippen LogP contribution is -2.30. The number of nitrogens with zero attached hydrogens (tertiary/aromatic N) is 2. The minimum Gasteiger partial charge on any atom is -0.507 e. The zero-order valence-corrected chi connectivity index (χ0v) is 17.1. The van der Waals surface area contributed by atoms with E-state index in [1.165, 1.54) is 41.3 Å². The van der Waals surface area contributed by atoms with E-state index in [4.69, 9.17) is 4.74 Å². The maximum atomic E-state index is 12.8. The van der Waals surface area contributed by atoms with Gasteiger partial charge in [-0.3, -0.25) is 19.7 Å². The fourth-order valence-corrected chi connectivity index (χ4v) is 3.57. The quantitative estimate of drug-likeness (QED) is 0.228. The molecule has 9 heteroatoms. The molecule has 1 fully saturated rings. The number of phenolic OH excluding ortho intramolecular Hbond substituents is 1. The van der Waals surface area contributed by atoms with Gasteiger partial charge in [0.2, 0.25) is 0 Å². The highest BCUT2D eigenvalue weighted by molar-refractivity contribution is 6.46. The van der Waals surface area contributed by atoms with Crippen LogP contribution in [0.25, 0.3) is 5.76 Å². The van der Waals surface area contributed by atoms with Crippen molar-refractivity contribution in [2.24, 2.45) is 0 Å². The molecule has 1 unspecified atom stereocenters. The SMILES string of the molecule is CCCN1C(=O)C(=O)/C(=C(\O)c2ccc([N+](=O)[O-])cc2)C1c1ccc(O)c(OCC)c1. The number of non-ortho nitro benzene ring substituents is 1. The molecule has 0 spiro atoms. The predicted molar refractivity (Wildman–Crippen MR) is 112 cm³/mol. The van der Waals surface area contributed by atoms with Gasteiger partial charge in [0.25, 0.3) is 17.4 Å². The van der Waals surface area contributed by atoms with Crippen LogP contribution in [0.5, 0.6) is 11.5 Å². The lowest BCUT2D eigenvalue weighted by Gasteiger charge is -2.25. The molecule has 9 nitrogen and oxygen atoms in total. The third-order valence-electron chi connectivity index (χ3n) is 4.96. The average molecular weight is 426 g/mol. The molecule has 3 rings (SSSR count). The average Bonchev–Trinajstić information content (AvgIpc) is 3.00. The number of nitro benzene ring substituents is 1. The molecule has 1 heterocycles. The summed E-state index contributed by atoms with van der Waals surface area (Å²) in [5, 5.41) is 31.8. The Hall–Kier alpha value is -3.88. The molecule has 2 aromatic carbocycles. The second kappa shape index (κ2) is 8.86. The molecule has 2 aromatic rings. The van der Waals surface area contributed by atoms with Crippen LogP contribution in [0.4, 0.5) is 5.69 Å². The summed E-state index contributed by atoms with van der Waals surface area (Å²) in [7, 11) is 0. The summed E-state index contributed by atoms with van der Waals surface area (Å²) in [6, 6.07) is 8.65. The van der Waals surface area contributed by atoms with Crippen molar-refractivity contribution < 1.29 is 29.5 Å². The molecular formula is C22H22N2O7. The van der Waals surface area contributed by atoms with E-state index in [1.54, 1.807) is 13.0 Å². The van der Waals surface area contributed by atoms with Crippen LogP contribution in [0.2, 0.25) is 0 Å². The van der Waals surface area contributed by atoms with Crippen molar-refractivity contribution >= 4 is 23.1 Å². The molecule has 1 saturated heterocycles. The van der Waals surface area contributed by atoms with Crippen molar-refractivity contribution in [3.8, 4) is 11.5 Å². The van der Waals surface area contributed by atoms with Gasteiger partial charge < -0.3 is 19.8 Å². The molecule has 0 aliphatic carbocycles. The zero-order chi connectivity index (χ0) is 22.7. The standard InChI is InChI=1S/C22H22N2O7/c1-3-11-23-19(14-7-10-16(25)17(12-14)31-4-2)18(21(27)22(23)28)20(26)13-5-8-15(9-6-13)24(29)30/h5-10,12,19,25-26H,3-4,11H2,1-2H3/b20-18-. The van der Waals surface area contributed by atoms with Gasteiger partial charge in [-0.25, -0.2) is 0 Å². The summed E-state index contributed by atoms with van der Waals surface area (Å²) < 4.78 is 5.42. The molecule has 0 radical (unpaired) electrons. The number of carbonyl (C=O) groups is 2. The Morgan fingerprint density at radius 2 is 1.84 bits per heavy atom. The Morgan fingerprint density at radius 1 is 1.16 bits per heavy atom. The van der Waals surface area contributed by atoms with E-state index in [9.17, 15) is 29.9 Å². The first kappa shape index (κ1) is 21.8. The van der Waals surface area contributed by atoms with Gasteiger partial charge in [0.15, 0.2) is 11.5 Å². The molecule has 1 atom stereocenters. The zero-order valence-electron chi connectivity index (χ0n) is 17.1. The summed E-state index contributed by atoms with van der Waals surface area (Å²) in [5.74, 6) is -1.92. The van der Waals surface area contributed by atoms with Gasteiger partial charge in [0.1, 0.15) is 5.76 Å². The largest absolute Gasteiger partial charge is 0.507 e. The summed E-state index contributed by atoms with van der Waals surface area (Å²) in [6.07, 6.45) is 0.581. The number of phenols is 1. The summed E-state index contributed by atoms with van der Waals surface area (Å²) in [6.45, 7) is 4.19. The van der Waals surface area contributed by atoms with E-state index >= 15 is 0 Å². The minimum absolute atomic E-state index is 0.0894. The summed E-state index contributed by atoms with van der Waals surface area (Å²) in [4.78, 5) is 37.2. The van der Waals surface area contributed by atoms with Crippen LogP contribution in [0, 0.1) is 10.1 Å². The Balaban J connectivity index is 2.17. The van der Waals surface area contributed by atoms with Gasteiger partial charge in [0.05, 0.1) is 23.1 Å². The third-order valence-corrected chi connectivity index (χ3v) is 4.96. The number of ether oxygens (including phenoxy) is 1. The first-order valence-electron chi connectivity index (χ1n) is 9.79. The Labute approximate surface area is 178 Å². The number of benzene rings is 2. The highest BCUT2D eigenvalue weighted by atomic mass is 16.6. The number of likely N-dealkylation sites (tertiary alicyclic amines) is 1. The maximum Gasteiger partial charge on any atom is 0.295 e. The number of Topliss-reactive ketones (excluding diaryl/α,β-unsaturated/α-hetero) is 1. The fourth-order valence-electron chi connectivity index (χ4n) is 3.57. The lowest BCUT2D eigenvalue weighted by atomic mass is 9.95. The van der Waals surface area contributed by atoms with Crippen molar-refractivity contribution in [3.05, 3.63) is 69.3 Å². The molecule has 1 aliphatic heterocycles. The molecule has 162 valence electrons. The molecule has 1 aliphatic rings. The van der Waals surface area contributed by atoms with Crippen molar-refractivity contribution in [2.75, 3.05) is 13.2 Å².